The molecule has 0 bridgehead atoms. The standard InChI is InChI=1S/C19H28N4O3/c1-13-7-10-22(11-8-13)17-6-5-15(12-18(17)23(25)26)19(24)21-16-4-3-9-20-14(16)2/h5-6,12-14,16,20H,3-4,7-11H2,1-2H3,(H,21,24). The van der Waals surface area contributed by atoms with Crippen molar-refractivity contribution in [3.05, 3.63) is 33.9 Å². The quantitative estimate of drug-likeness (QED) is 0.637. The van der Waals surface area contributed by atoms with E-state index in [9.17, 15) is 14.9 Å². The van der Waals surface area contributed by atoms with Crippen LogP contribution in [0.3, 0.4) is 0 Å². The third-order valence-corrected chi connectivity index (χ3v) is 5.64. The molecule has 2 atom stereocenters. The molecule has 0 saturated carbocycles. The van der Waals surface area contributed by atoms with Gasteiger partial charge in [0, 0.05) is 36.8 Å². The molecule has 1 aromatic rings. The van der Waals surface area contributed by atoms with Gasteiger partial charge < -0.3 is 15.5 Å². The first-order valence-corrected chi connectivity index (χ1v) is 9.53. The largest absolute Gasteiger partial charge is 0.366 e. The monoisotopic (exact) mass is 360 g/mol. The smallest absolute Gasteiger partial charge is 0.293 e. The van der Waals surface area contributed by atoms with Gasteiger partial charge in [-0.15, -0.1) is 0 Å². The molecule has 0 aliphatic carbocycles. The van der Waals surface area contributed by atoms with E-state index in [4.69, 9.17) is 0 Å². The number of amides is 1. The lowest BCUT2D eigenvalue weighted by atomic mass is 9.98. The molecule has 7 heteroatoms. The first-order valence-electron chi connectivity index (χ1n) is 9.53. The van der Waals surface area contributed by atoms with Gasteiger partial charge in [-0.05, 0) is 57.2 Å². The van der Waals surface area contributed by atoms with Gasteiger partial charge in [0.25, 0.3) is 11.6 Å². The minimum Gasteiger partial charge on any atom is -0.366 e. The third kappa shape index (κ3) is 4.15. The molecule has 1 aromatic carbocycles. The first-order chi connectivity index (χ1) is 12.5. The zero-order valence-electron chi connectivity index (χ0n) is 15.5. The Morgan fingerprint density at radius 2 is 2.00 bits per heavy atom. The van der Waals surface area contributed by atoms with Gasteiger partial charge in [0.05, 0.1) is 4.92 Å². The Bertz CT molecular complexity index is 671. The molecule has 142 valence electrons. The van der Waals surface area contributed by atoms with Crippen LogP contribution in [0.1, 0.15) is 49.9 Å². The highest BCUT2D eigenvalue weighted by molar-refractivity contribution is 5.96. The zero-order chi connectivity index (χ0) is 18.7. The predicted octanol–water partition coefficient (Wildman–Crippen LogP) is 2.70. The van der Waals surface area contributed by atoms with E-state index in [0.29, 0.717) is 17.2 Å². The fraction of sp³-hybridized carbons (Fsp3) is 0.632. The minimum atomic E-state index is -0.380. The van der Waals surface area contributed by atoms with Crippen molar-refractivity contribution in [3.63, 3.8) is 0 Å². The van der Waals surface area contributed by atoms with E-state index in [-0.39, 0.29) is 28.6 Å². The van der Waals surface area contributed by atoms with Crippen LogP contribution in [-0.2, 0) is 0 Å². The van der Waals surface area contributed by atoms with E-state index in [1.54, 1.807) is 12.1 Å². The van der Waals surface area contributed by atoms with Gasteiger partial charge in [0.2, 0.25) is 0 Å². The number of nitro benzene ring substituents is 1. The number of hydrogen-bond donors (Lipinski definition) is 2. The molecule has 0 aromatic heterocycles. The van der Waals surface area contributed by atoms with Crippen molar-refractivity contribution in [2.45, 2.75) is 51.6 Å². The number of rotatable bonds is 4. The normalized spacial score (nSPS) is 24.3. The Morgan fingerprint density at radius 3 is 2.65 bits per heavy atom. The maximum Gasteiger partial charge on any atom is 0.293 e. The summed E-state index contributed by atoms with van der Waals surface area (Å²) in [6.07, 6.45) is 4.01. The number of hydrogen-bond acceptors (Lipinski definition) is 5. The van der Waals surface area contributed by atoms with Crippen LogP contribution in [0.15, 0.2) is 18.2 Å². The van der Waals surface area contributed by atoms with Gasteiger partial charge >= 0.3 is 0 Å². The Balaban J connectivity index is 1.77. The minimum absolute atomic E-state index is 0.0158. The molecule has 0 spiro atoms. The number of nitro groups is 1. The van der Waals surface area contributed by atoms with Crippen molar-refractivity contribution in [1.82, 2.24) is 10.6 Å². The number of anilines is 1. The van der Waals surface area contributed by atoms with Crippen LogP contribution in [0.25, 0.3) is 0 Å². The van der Waals surface area contributed by atoms with Crippen LogP contribution in [0.4, 0.5) is 11.4 Å². The van der Waals surface area contributed by atoms with Crippen molar-refractivity contribution >= 4 is 17.3 Å². The summed E-state index contributed by atoms with van der Waals surface area (Å²) in [5, 5.41) is 17.9. The number of piperidine rings is 2. The van der Waals surface area contributed by atoms with E-state index in [0.717, 1.165) is 45.3 Å². The summed E-state index contributed by atoms with van der Waals surface area (Å²) in [5.41, 5.74) is 0.983. The Morgan fingerprint density at radius 1 is 1.27 bits per heavy atom. The highest BCUT2D eigenvalue weighted by Crippen LogP contribution is 2.32. The van der Waals surface area contributed by atoms with E-state index in [2.05, 4.69) is 22.5 Å². The molecule has 2 fully saturated rings. The molecule has 2 heterocycles. The zero-order valence-corrected chi connectivity index (χ0v) is 15.5. The van der Waals surface area contributed by atoms with E-state index in [1.165, 1.54) is 6.07 Å². The van der Waals surface area contributed by atoms with Crippen LogP contribution in [0.5, 0.6) is 0 Å². The van der Waals surface area contributed by atoms with Crippen LogP contribution in [-0.4, -0.2) is 42.5 Å². The number of nitrogens with one attached hydrogen (secondary N) is 2. The number of benzene rings is 1. The molecule has 1 amide bonds. The van der Waals surface area contributed by atoms with Gasteiger partial charge in [-0.3, -0.25) is 14.9 Å². The Kier molecular flexibility index (Phi) is 5.76. The lowest BCUT2D eigenvalue weighted by Gasteiger charge is -2.32. The molecular formula is C19H28N4O3. The molecule has 2 aliphatic heterocycles. The second-order valence-corrected chi connectivity index (χ2v) is 7.60. The molecule has 2 aliphatic rings. The lowest BCUT2D eigenvalue weighted by Crippen LogP contribution is -2.51. The van der Waals surface area contributed by atoms with E-state index in [1.807, 2.05) is 6.92 Å². The molecule has 2 unspecified atom stereocenters. The van der Waals surface area contributed by atoms with Crippen molar-refractivity contribution in [2.75, 3.05) is 24.5 Å². The predicted molar refractivity (Wildman–Crippen MR) is 102 cm³/mol. The maximum absolute atomic E-state index is 12.6. The van der Waals surface area contributed by atoms with E-state index < -0.39 is 0 Å². The first kappa shape index (κ1) is 18.6. The van der Waals surface area contributed by atoms with Crippen LogP contribution >= 0.6 is 0 Å². The summed E-state index contributed by atoms with van der Waals surface area (Å²) in [6, 6.07) is 5.11. The molecule has 26 heavy (non-hydrogen) atoms. The van der Waals surface area contributed by atoms with Crippen molar-refractivity contribution in [1.29, 1.82) is 0 Å². The average molecular weight is 360 g/mol. The topological polar surface area (TPSA) is 87.5 Å². The molecule has 2 N–H and O–H groups in total. The summed E-state index contributed by atoms with van der Waals surface area (Å²) in [7, 11) is 0. The molecular weight excluding hydrogens is 332 g/mol. The highest BCUT2D eigenvalue weighted by Gasteiger charge is 2.27. The summed E-state index contributed by atoms with van der Waals surface area (Å²) in [4.78, 5) is 25.9. The third-order valence-electron chi connectivity index (χ3n) is 5.64. The van der Waals surface area contributed by atoms with Gasteiger partial charge in [-0.2, -0.15) is 0 Å². The van der Waals surface area contributed by atoms with Crippen LogP contribution < -0.4 is 15.5 Å². The molecule has 2 saturated heterocycles. The van der Waals surface area contributed by atoms with Crippen molar-refractivity contribution < 1.29 is 9.72 Å². The van der Waals surface area contributed by atoms with Gasteiger partial charge in [-0.25, -0.2) is 0 Å². The lowest BCUT2D eigenvalue weighted by molar-refractivity contribution is -0.384. The molecule has 3 rings (SSSR count). The van der Waals surface area contributed by atoms with Gasteiger partial charge in [0.1, 0.15) is 5.69 Å². The average Bonchev–Trinajstić information content (AvgIpc) is 2.63. The van der Waals surface area contributed by atoms with Crippen LogP contribution in [0.2, 0.25) is 0 Å². The second kappa shape index (κ2) is 8.03. The fourth-order valence-electron chi connectivity index (χ4n) is 3.82. The van der Waals surface area contributed by atoms with E-state index >= 15 is 0 Å². The SMILES string of the molecule is CC1CCN(c2ccc(C(=O)NC3CCCNC3C)cc2[N+](=O)[O-])CC1. The second-order valence-electron chi connectivity index (χ2n) is 7.60. The molecule has 0 radical (unpaired) electrons. The Hall–Kier alpha value is -2.15. The summed E-state index contributed by atoms with van der Waals surface area (Å²) in [6.45, 7) is 6.85. The van der Waals surface area contributed by atoms with Gasteiger partial charge in [0.15, 0.2) is 0 Å². The molecule has 7 nitrogen and oxygen atoms in total. The fourth-order valence-corrected chi connectivity index (χ4v) is 3.82. The van der Waals surface area contributed by atoms with Crippen LogP contribution in [0, 0.1) is 16.0 Å². The summed E-state index contributed by atoms with van der Waals surface area (Å²) < 4.78 is 0. The Labute approximate surface area is 154 Å². The summed E-state index contributed by atoms with van der Waals surface area (Å²) >= 11 is 0. The number of carbonyl (C=O) groups excluding carboxylic acids is 1. The van der Waals surface area contributed by atoms with Crippen molar-refractivity contribution in [2.24, 2.45) is 5.92 Å². The highest BCUT2D eigenvalue weighted by atomic mass is 16.6. The van der Waals surface area contributed by atoms with Gasteiger partial charge in [-0.1, -0.05) is 6.92 Å². The maximum atomic E-state index is 12.6. The summed E-state index contributed by atoms with van der Waals surface area (Å²) in [5.74, 6) is 0.411. The number of carbonyl (C=O) groups is 1. The van der Waals surface area contributed by atoms with Crippen molar-refractivity contribution in [3.8, 4) is 0 Å². The number of nitrogens with zero attached hydrogens (tertiary/aromatic N) is 2.